The molecule has 0 aliphatic carbocycles. The van der Waals surface area contributed by atoms with Gasteiger partial charge in [0.15, 0.2) is 0 Å². The van der Waals surface area contributed by atoms with E-state index in [0.29, 0.717) is 0 Å². The van der Waals surface area contributed by atoms with E-state index in [1.54, 1.807) is 18.7 Å². The zero-order chi connectivity index (χ0) is 17.6. The van der Waals surface area contributed by atoms with Gasteiger partial charge in [-0.25, -0.2) is 0 Å². The van der Waals surface area contributed by atoms with Crippen LogP contribution in [0, 0.1) is 6.92 Å². The summed E-state index contributed by atoms with van der Waals surface area (Å²) in [6.45, 7) is 9.42. The summed E-state index contributed by atoms with van der Waals surface area (Å²) in [7, 11) is 2.21. The van der Waals surface area contributed by atoms with E-state index < -0.39 is 18.4 Å². The van der Waals surface area contributed by atoms with Gasteiger partial charge in [-0.1, -0.05) is 0 Å². The van der Waals surface area contributed by atoms with Crippen molar-refractivity contribution >= 4 is 32.9 Å². The van der Waals surface area contributed by atoms with E-state index in [-0.39, 0.29) is 0 Å². The number of fused-ring (bicyclic) bond motifs is 1. The Kier molecular flexibility index (Phi) is 7.71. The number of benzene rings is 1. The average molecular weight is 434 g/mol. The Morgan fingerprint density at radius 2 is 1.42 bits per heavy atom. The Labute approximate surface area is 153 Å². The van der Waals surface area contributed by atoms with E-state index >= 15 is 0 Å². The van der Waals surface area contributed by atoms with Crippen LogP contribution in [-0.4, -0.2) is 22.9 Å². The summed E-state index contributed by atoms with van der Waals surface area (Å²) in [5.41, 5.74) is 2.95. The van der Waals surface area contributed by atoms with E-state index in [2.05, 4.69) is 63.7 Å². The van der Waals surface area contributed by atoms with Crippen molar-refractivity contribution in [2.24, 2.45) is 7.05 Å². The Morgan fingerprint density at radius 1 is 0.875 bits per heavy atom. The summed E-state index contributed by atoms with van der Waals surface area (Å²) in [5.74, 6) is 0. The molecule has 1 nitrogen and oxygen atoms in total. The fourth-order valence-corrected chi connectivity index (χ4v) is 21.4. The molecule has 0 aliphatic rings. The second-order valence-electron chi connectivity index (χ2n) is 7.71. The van der Waals surface area contributed by atoms with Crippen LogP contribution in [0.15, 0.2) is 24.4 Å². The molecule has 2 aromatic rings. The molecule has 1 heterocycles. The molecule has 0 saturated carbocycles. The van der Waals surface area contributed by atoms with E-state index in [9.17, 15) is 0 Å². The fraction of sp³-hybridized carbons (Fsp3) is 0.636. The van der Waals surface area contributed by atoms with Gasteiger partial charge in [-0.2, -0.15) is 0 Å². The Bertz CT molecular complexity index is 619. The van der Waals surface area contributed by atoms with Gasteiger partial charge in [0, 0.05) is 0 Å². The Hall–Kier alpha value is -0.441. The van der Waals surface area contributed by atoms with Crippen LogP contribution in [0.4, 0.5) is 0 Å². The van der Waals surface area contributed by atoms with Gasteiger partial charge in [-0.05, 0) is 0 Å². The molecule has 0 spiro atoms. The second-order valence-corrected chi connectivity index (χ2v) is 20.8. The minimum absolute atomic E-state index is 1.35. The summed E-state index contributed by atoms with van der Waals surface area (Å²) in [4.78, 5) is 0. The number of nitrogens with zero attached hydrogens (tertiary/aromatic N) is 1. The molecular formula is C22H37NSn. The monoisotopic (exact) mass is 435 g/mol. The minimum atomic E-state index is -2.35. The van der Waals surface area contributed by atoms with Crippen LogP contribution in [0.1, 0.15) is 64.9 Å². The molecule has 0 fully saturated rings. The van der Waals surface area contributed by atoms with Crippen molar-refractivity contribution in [2.75, 3.05) is 0 Å². The van der Waals surface area contributed by atoms with Gasteiger partial charge in [0.2, 0.25) is 0 Å². The predicted octanol–water partition coefficient (Wildman–Crippen LogP) is 6.54. The molecular weight excluding hydrogens is 397 g/mol. The van der Waals surface area contributed by atoms with Crippen molar-refractivity contribution in [2.45, 2.75) is 79.5 Å². The van der Waals surface area contributed by atoms with E-state index in [1.807, 2.05) is 3.58 Å². The zero-order valence-electron chi connectivity index (χ0n) is 16.6. The van der Waals surface area contributed by atoms with Crippen LogP contribution >= 0.6 is 0 Å². The maximum atomic E-state index is 2.53. The predicted molar refractivity (Wildman–Crippen MR) is 112 cm³/mol. The third-order valence-electron chi connectivity index (χ3n) is 5.80. The molecule has 0 unspecified atom stereocenters. The molecule has 0 bridgehead atoms. The van der Waals surface area contributed by atoms with Crippen molar-refractivity contribution in [3.63, 3.8) is 0 Å². The van der Waals surface area contributed by atoms with Gasteiger partial charge in [-0.3, -0.25) is 0 Å². The normalized spacial score (nSPS) is 12.2. The fourth-order valence-electron chi connectivity index (χ4n) is 4.44. The first-order valence-corrected chi connectivity index (χ1v) is 17.6. The number of hydrogen-bond acceptors (Lipinski definition) is 0. The summed E-state index contributed by atoms with van der Waals surface area (Å²) in [6, 6.07) is 7.20. The summed E-state index contributed by atoms with van der Waals surface area (Å²) in [6.07, 6.45) is 10.7. The molecule has 24 heavy (non-hydrogen) atoms. The molecule has 0 N–H and O–H groups in total. The number of aryl methyl sites for hydroxylation is 2. The van der Waals surface area contributed by atoms with Gasteiger partial charge in [-0.15, -0.1) is 0 Å². The molecule has 0 radical (unpaired) electrons. The molecule has 2 heteroatoms. The summed E-state index contributed by atoms with van der Waals surface area (Å²) < 4.78 is 8.84. The number of unbranched alkanes of at least 4 members (excludes halogenated alkanes) is 3. The third kappa shape index (κ3) is 4.20. The molecule has 2 rings (SSSR count). The molecule has 1 aromatic carbocycles. The van der Waals surface area contributed by atoms with Crippen molar-refractivity contribution in [3.8, 4) is 0 Å². The van der Waals surface area contributed by atoms with Gasteiger partial charge in [0.05, 0.1) is 0 Å². The maximum absolute atomic E-state index is 2.53. The quantitative estimate of drug-likeness (QED) is 0.374. The van der Waals surface area contributed by atoms with Gasteiger partial charge < -0.3 is 0 Å². The van der Waals surface area contributed by atoms with Gasteiger partial charge in [0.25, 0.3) is 0 Å². The van der Waals surface area contributed by atoms with E-state index in [0.717, 1.165) is 0 Å². The van der Waals surface area contributed by atoms with E-state index in [4.69, 9.17) is 0 Å². The second kappa shape index (κ2) is 9.31. The first kappa shape index (κ1) is 19.9. The van der Waals surface area contributed by atoms with Crippen LogP contribution in [0.3, 0.4) is 0 Å². The van der Waals surface area contributed by atoms with Crippen LogP contribution in [0.25, 0.3) is 10.9 Å². The Morgan fingerprint density at radius 3 is 1.92 bits per heavy atom. The summed E-state index contributed by atoms with van der Waals surface area (Å²) in [5, 5.41) is 1.62. The molecule has 1 aromatic heterocycles. The van der Waals surface area contributed by atoms with Crippen molar-refractivity contribution in [1.29, 1.82) is 0 Å². The molecule has 0 aliphatic heterocycles. The number of hydrogen-bond donors (Lipinski definition) is 0. The molecule has 0 saturated heterocycles. The molecule has 134 valence electrons. The van der Waals surface area contributed by atoms with Gasteiger partial charge >= 0.3 is 154 Å². The standard InChI is InChI=1S/C10H10N.3C4H9.Sn/c1-8-7-11(2)10-6-4-3-5-9(8)10;3*1-3-4-2;/h3-4,6-7H,1-2H3;3*1,3-4H2,2H3;. The van der Waals surface area contributed by atoms with Crippen LogP contribution in [0.2, 0.25) is 13.3 Å². The van der Waals surface area contributed by atoms with Gasteiger partial charge in [0.1, 0.15) is 0 Å². The summed E-state index contributed by atoms with van der Waals surface area (Å²) >= 11 is -2.35. The van der Waals surface area contributed by atoms with Crippen LogP contribution < -0.4 is 3.58 Å². The van der Waals surface area contributed by atoms with Crippen LogP contribution in [-0.2, 0) is 7.05 Å². The van der Waals surface area contributed by atoms with Crippen LogP contribution in [0.5, 0.6) is 0 Å². The topological polar surface area (TPSA) is 4.93 Å². The average Bonchev–Trinajstić information content (AvgIpc) is 2.89. The molecule has 0 atom stereocenters. The zero-order valence-corrected chi connectivity index (χ0v) is 19.5. The third-order valence-corrected chi connectivity index (χ3v) is 21.5. The van der Waals surface area contributed by atoms with Crippen molar-refractivity contribution in [3.05, 3.63) is 30.0 Å². The van der Waals surface area contributed by atoms with E-state index in [1.165, 1.54) is 49.6 Å². The first-order chi connectivity index (χ1) is 11.6. The molecule has 0 amide bonds. The number of rotatable bonds is 10. The Balaban J connectivity index is 2.59. The first-order valence-electron chi connectivity index (χ1n) is 10.1. The van der Waals surface area contributed by atoms with Crippen molar-refractivity contribution in [1.82, 2.24) is 4.57 Å². The number of aromatic nitrogens is 1. The van der Waals surface area contributed by atoms with Crippen molar-refractivity contribution < 1.29 is 0 Å². The SMILES string of the molecule is CCC[CH2][Sn]([CH2]CCC)([CH2]CCC)[c]1cccc2c1c(C)cn2C.